The summed E-state index contributed by atoms with van der Waals surface area (Å²) in [5.74, 6) is 2.92. The topological polar surface area (TPSA) is 73.0 Å². The van der Waals surface area contributed by atoms with E-state index >= 15 is 0 Å². The Labute approximate surface area is 209 Å². The van der Waals surface area contributed by atoms with Gasteiger partial charge in [-0.05, 0) is 64.6 Å². The Hall–Kier alpha value is -1.58. The summed E-state index contributed by atoms with van der Waals surface area (Å²) < 4.78 is 5.58. The molecule has 1 fully saturated rings. The van der Waals surface area contributed by atoms with Gasteiger partial charge in [-0.3, -0.25) is 0 Å². The molecule has 1 aromatic heterocycles. The Morgan fingerprint density at radius 3 is 2.66 bits per heavy atom. The van der Waals surface area contributed by atoms with Gasteiger partial charge in [0.15, 0.2) is 5.96 Å². The zero-order chi connectivity index (χ0) is 22.3. The summed E-state index contributed by atoms with van der Waals surface area (Å²) >= 11 is 0. The quantitative estimate of drug-likeness (QED) is 0.250. The van der Waals surface area contributed by atoms with Gasteiger partial charge in [-0.2, -0.15) is 0 Å². The van der Waals surface area contributed by atoms with Crippen molar-refractivity contribution in [2.24, 2.45) is 10.9 Å². The maximum Gasteiger partial charge on any atom is 0.191 e. The van der Waals surface area contributed by atoms with Crippen molar-refractivity contribution in [1.29, 1.82) is 0 Å². The highest BCUT2D eigenvalue weighted by atomic mass is 127. The Kier molecular flexibility index (Phi) is 10.5. The van der Waals surface area contributed by atoms with E-state index in [0.717, 1.165) is 62.2 Å². The molecule has 0 radical (unpaired) electrons. The second kappa shape index (κ2) is 12.6. The molecule has 1 aliphatic rings. The molecule has 178 valence electrons. The molecular weight excluding hydrogens is 515 g/mol. The minimum Gasteiger partial charge on any atom is -0.466 e. The van der Waals surface area contributed by atoms with Gasteiger partial charge in [-0.1, -0.05) is 30.3 Å². The predicted molar refractivity (Wildman–Crippen MR) is 142 cm³/mol. The van der Waals surface area contributed by atoms with Gasteiger partial charge in [0.1, 0.15) is 17.1 Å². The van der Waals surface area contributed by atoms with Crippen molar-refractivity contribution in [3.63, 3.8) is 0 Å². The van der Waals surface area contributed by atoms with Crippen molar-refractivity contribution in [2.45, 2.75) is 46.1 Å². The van der Waals surface area contributed by atoms with Gasteiger partial charge in [0.2, 0.25) is 0 Å². The van der Waals surface area contributed by atoms with E-state index in [4.69, 9.17) is 4.42 Å². The van der Waals surface area contributed by atoms with E-state index < -0.39 is 5.60 Å². The first kappa shape index (κ1) is 26.7. The molecule has 3 rings (SSSR count). The lowest BCUT2D eigenvalue weighted by Crippen LogP contribution is -2.41. The predicted octanol–water partition coefficient (Wildman–Crippen LogP) is 3.84. The number of benzene rings is 1. The van der Waals surface area contributed by atoms with Crippen LogP contribution in [-0.4, -0.2) is 55.2 Å². The first-order valence-electron chi connectivity index (χ1n) is 11.5. The van der Waals surface area contributed by atoms with Crippen molar-refractivity contribution in [3.05, 3.63) is 59.0 Å². The summed E-state index contributed by atoms with van der Waals surface area (Å²) in [5.41, 5.74) is 1.14. The number of aliphatic hydroxyl groups is 1. The number of guanidine groups is 1. The van der Waals surface area contributed by atoms with Crippen molar-refractivity contribution in [3.8, 4) is 0 Å². The summed E-state index contributed by atoms with van der Waals surface area (Å²) in [6.45, 7) is 13.0. The van der Waals surface area contributed by atoms with Crippen LogP contribution in [0.25, 0.3) is 0 Å². The van der Waals surface area contributed by atoms with Gasteiger partial charge < -0.3 is 25.1 Å². The maximum absolute atomic E-state index is 10.9. The number of aryl methyl sites for hydroxylation is 2. The largest absolute Gasteiger partial charge is 0.466 e. The summed E-state index contributed by atoms with van der Waals surface area (Å²) in [7, 11) is 0. The van der Waals surface area contributed by atoms with Crippen LogP contribution in [0.15, 0.2) is 45.8 Å². The molecule has 2 aromatic rings. The number of hydrogen-bond acceptors (Lipinski definition) is 4. The van der Waals surface area contributed by atoms with E-state index in [0.29, 0.717) is 5.92 Å². The van der Waals surface area contributed by atoms with Crippen LogP contribution in [0.3, 0.4) is 0 Å². The summed E-state index contributed by atoms with van der Waals surface area (Å²) in [6.07, 6.45) is 2.31. The van der Waals surface area contributed by atoms with Crippen LogP contribution < -0.4 is 10.6 Å². The van der Waals surface area contributed by atoms with E-state index in [1.54, 1.807) is 6.92 Å². The third-order valence-electron chi connectivity index (χ3n) is 6.00. The second-order valence-electron chi connectivity index (χ2n) is 8.87. The fourth-order valence-electron chi connectivity index (χ4n) is 4.28. The van der Waals surface area contributed by atoms with E-state index in [9.17, 15) is 5.11 Å². The van der Waals surface area contributed by atoms with Gasteiger partial charge in [-0.25, -0.2) is 4.99 Å². The fraction of sp³-hybridized carbons (Fsp3) is 0.560. The lowest BCUT2D eigenvalue weighted by Gasteiger charge is -2.22. The number of aliphatic imine (C=N–C) groups is 1. The molecule has 0 saturated carbocycles. The number of rotatable bonds is 9. The van der Waals surface area contributed by atoms with E-state index in [-0.39, 0.29) is 30.5 Å². The molecule has 0 amide bonds. The molecule has 0 spiro atoms. The molecule has 32 heavy (non-hydrogen) atoms. The third-order valence-corrected chi connectivity index (χ3v) is 6.00. The highest BCUT2D eigenvalue weighted by molar-refractivity contribution is 14.0. The fourth-order valence-corrected chi connectivity index (χ4v) is 4.28. The van der Waals surface area contributed by atoms with E-state index in [2.05, 4.69) is 57.8 Å². The molecular formula is C25H39IN4O2. The first-order chi connectivity index (χ1) is 14.9. The van der Waals surface area contributed by atoms with Crippen molar-refractivity contribution in [1.82, 2.24) is 15.5 Å². The Morgan fingerprint density at radius 1 is 1.25 bits per heavy atom. The Bertz CT molecular complexity index is 851. The number of nitrogens with one attached hydrogen (secondary N) is 2. The van der Waals surface area contributed by atoms with Gasteiger partial charge >= 0.3 is 0 Å². The maximum atomic E-state index is 10.9. The van der Waals surface area contributed by atoms with Crippen LogP contribution in [-0.2, 0) is 12.0 Å². The molecule has 2 atom stereocenters. The summed E-state index contributed by atoms with van der Waals surface area (Å²) in [5, 5.41) is 17.7. The van der Waals surface area contributed by atoms with Crippen LogP contribution in [0.4, 0.5) is 0 Å². The zero-order valence-electron chi connectivity index (χ0n) is 19.9. The van der Waals surface area contributed by atoms with Gasteiger partial charge in [-0.15, -0.1) is 24.0 Å². The normalized spacial score (nSPS) is 18.8. The molecule has 1 saturated heterocycles. The van der Waals surface area contributed by atoms with Gasteiger partial charge in [0, 0.05) is 31.7 Å². The van der Waals surface area contributed by atoms with Crippen molar-refractivity contribution in [2.75, 3.05) is 39.3 Å². The molecule has 6 nitrogen and oxygen atoms in total. The van der Waals surface area contributed by atoms with Crippen molar-refractivity contribution < 1.29 is 9.52 Å². The highest BCUT2D eigenvalue weighted by Gasteiger charge is 2.28. The SMILES string of the molecule is CCNC(=NCC(C)(O)c1cc(C)oc1C)NCC1CCN(CCc2ccccc2)C1.I. The number of halogens is 1. The minimum absolute atomic E-state index is 0. The average molecular weight is 555 g/mol. The number of furan rings is 1. The van der Waals surface area contributed by atoms with Crippen molar-refractivity contribution >= 4 is 29.9 Å². The van der Waals surface area contributed by atoms with Gasteiger partial charge in [0.25, 0.3) is 0 Å². The standard InChI is InChI=1S/C25H38N4O2.HI/c1-5-26-24(28-18-25(4,30)23-15-19(2)31-20(23)3)27-16-22-12-14-29(17-22)13-11-21-9-7-6-8-10-21;/h6-10,15,22,30H,5,11-14,16-18H2,1-4H3,(H2,26,27,28);1H. The van der Waals surface area contributed by atoms with Crippen LogP contribution in [0.1, 0.15) is 42.9 Å². The molecule has 0 aliphatic carbocycles. The Morgan fingerprint density at radius 2 is 2.00 bits per heavy atom. The smallest absolute Gasteiger partial charge is 0.191 e. The third kappa shape index (κ3) is 7.78. The number of hydrogen-bond donors (Lipinski definition) is 3. The number of likely N-dealkylation sites (tertiary alicyclic amines) is 1. The monoisotopic (exact) mass is 554 g/mol. The molecule has 7 heteroatoms. The van der Waals surface area contributed by atoms with E-state index in [1.807, 2.05) is 19.9 Å². The average Bonchev–Trinajstić information content (AvgIpc) is 3.35. The van der Waals surface area contributed by atoms with Crippen LogP contribution in [0.5, 0.6) is 0 Å². The molecule has 1 aliphatic heterocycles. The summed E-state index contributed by atoms with van der Waals surface area (Å²) in [4.78, 5) is 7.21. The van der Waals surface area contributed by atoms with Crippen LogP contribution in [0, 0.1) is 19.8 Å². The highest BCUT2D eigenvalue weighted by Crippen LogP contribution is 2.27. The molecule has 0 bridgehead atoms. The lowest BCUT2D eigenvalue weighted by atomic mass is 9.96. The summed E-state index contributed by atoms with van der Waals surface area (Å²) in [6, 6.07) is 12.6. The molecule has 1 aromatic carbocycles. The van der Waals surface area contributed by atoms with Gasteiger partial charge in [0.05, 0.1) is 6.54 Å². The van der Waals surface area contributed by atoms with E-state index in [1.165, 1.54) is 12.0 Å². The minimum atomic E-state index is -1.06. The second-order valence-corrected chi connectivity index (χ2v) is 8.87. The molecule has 2 unspecified atom stereocenters. The first-order valence-corrected chi connectivity index (χ1v) is 11.5. The molecule has 2 heterocycles. The number of nitrogens with zero attached hydrogens (tertiary/aromatic N) is 2. The lowest BCUT2D eigenvalue weighted by molar-refractivity contribution is 0.0657. The Balaban J connectivity index is 0.00000363. The zero-order valence-corrected chi connectivity index (χ0v) is 22.2. The van der Waals surface area contributed by atoms with Crippen LogP contribution >= 0.6 is 24.0 Å². The molecule has 3 N–H and O–H groups in total. The van der Waals surface area contributed by atoms with Crippen LogP contribution in [0.2, 0.25) is 0 Å².